The van der Waals surface area contributed by atoms with Crippen molar-refractivity contribution in [2.75, 3.05) is 13.2 Å². The molecule has 3 heteroatoms. The fraction of sp³-hybridized carbons (Fsp3) is 0.562. The monoisotopic (exact) mass is 265 g/mol. The first-order valence-electron chi connectivity index (χ1n) is 6.61. The van der Waals surface area contributed by atoms with Crippen LogP contribution in [0.3, 0.4) is 0 Å². The van der Waals surface area contributed by atoms with E-state index in [1.165, 1.54) is 31.9 Å². The molecule has 1 unspecified atom stereocenters. The number of carbonyl (C=O) groups is 1. The first-order valence-corrected chi connectivity index (χ1v) is 6.61. The maximum absolute atomic E-state index is 9.82. The van der Waals surface area contributed by atoms with Gasteiger partial charge in [0.25, 0.3) is 0 Å². The minimum atomic E-state index is -0.211. The normalized spacial score (nSPS) is 19.3. The summed E-state index contributed by atoms with van der Waals surface area (Å²) >= 11 is 0. The molecule has 1 heterocycles. The lowest BCUT2D eigenvalue weighted by atomic mass is 10.1. The van der Waals surface area contributed by atoms with Crippen molar-refractivity contribution in [1.82, 2.24) is 5.32 Å². The summed E-state index contributed by atoms with van der Waals surface area (Å²) in [5.41, 5.74) is 1.47. The Bertz CT molecular complexity index is 339. The van der Waals surface area contributed by atoms with Crippen molar-refractivity contribution < 1.29 is 9.53 Å². The minimum Gasteiger partial charge on any atom is -0.466 e. The van der Waals surface area contributed by atoms with Crippen LogP contribution in [0.25, 0.3) is 0 Å². The van der Waals surface area contributed by atoms with Crippen molar-refractivity contribution in [2.45, 2.75) is 46.6 Å². The second-order valence-electron chi connectivity index (χ2n) is 4.38. The molecule has 0 radical (unpaired) electrons. The summed E-state index contributed by atoms with van der Waals surface area (Å²) in [4.78, 5) is 9.82. The van der Waals surface area contributed by atoms with E-state index >= 15 is 0 Å². The van der Waals surface area contributed by atoms with Crippen molar-refractivity contribution >= 4 is 5.97 Å². The Labute approximate surface area is 117 Å². The van der Waals surface area contributed by atoms with Gasteiger partial charge < -0.3 is 10.1 Å². The molecule has 1 aliphatic heterocycles. The van der Waals surface area contributed by atoms with Gasteiger partial charge in [0.1, 0.15) is 0 Å². The lowest BCUT2D eigenvalue weighted by Gasteiger charge is -1.97. The van der Waals surface area contributed by atoms with Crippen molar-refractivity contribution in [2.24, 2.45) is 0 Å². The van der Waals surface area contributed by atoms with Gasteiger partial charge in [-0.15, -0.1) is 0 Å². The van der Waals surface area contributed by atoms with E-state index in [1.54, 1.807) is 6.92 Å². The third-order valence-corrected chi connectivity index (χ3v) is 2.67. The Morgan fingerprint density at radius 3 is 2.74 bits per heavy atom. The Hall–Kier alpha value is -1.35. The Morgan fingerprint density at radius 2 is 2.21 bits per heavy atom. The predicted octanol–water partition coefficient (Wildman–Crippen LogP) is 3.39. The van der Waals surface area contributed by atoms with Crippen LogP contribution < -0.4 is 5.32 Å². The van der Waals surface area contributed by atoms with Crippen LogP contribution >= 0.6 is 0 Å². The first-order chi connectivity index (χ1) is 8.72. The van der Waals surface area contributed by atoms with Crippen LogP contribution in [-0.2, 0) is 9.53 Å². The van der Waals surface area contributed by atoms with Gasteiger partial charge in [0.05, 0.1) is 6.61 Å². The van der Waals surface area contributed by atoms with Gasteiger partial charge in [0.2, 0.25) is 0 Å². The Morgan fingerprint density at radius 1 is 1.47 bits per heavy atom. The highest BCUT2D eigenvalue weighted by molar-refractivity contribution is 5.65. The summed E-state index contributed by atoms with van der Waals surface area (Å²) in [5.74, 6) is -0.211. The molecule has 108 valence electrons. The smallest absolute Gasteiger partial charge is 0.302 e. The average Bonchev–Trinajstić information content (AvgIpc) is 3.15. The lowest BCUT2D eigenvalue weighted by molar-refractivity contribution is -0.140. The molecule has 0 spiro atoms. The maximum atomic E-state index is 9.82. The number of nitrogens with one attached hydrogen (secondary N) is 1. The second kappa shape index (κ2) is 10.6. The van der Waals surface area contributed by atoms with Gasteiger partial charge in [-0.05, 0) is 31.8 Å². The predicted molar refractivity (Wildman–Crippen MR) is 81.0 cm³/mol. The van der Waals surface area contributed by atoms with Crippen LogP contribution in [0.4, 0.5) is 0 Å². The van der Waals surface area contributed by atoms with Crippen LogP contribution in [0, 0.1) is 0 Å². The summed E-state index contributed by atoms with van der Waals surface area (Å²) in [6.45, 7) is 4.88. The lowest BCUT2D eigenvalue weighted by Crippen LogP contribution is -1.95. The number of ether oxygens (including phenoxy) is 1. The van der Waals surface area contributed by atoms with Gasteiger partial charge in [-0.2, -0.15) is 0 Å². The molecule has 0 aromatic carbocycles. The summed E-state index contributed by atoms with van der Waals surface area (Å²) in [6.07, 6.45) is 14.7. The number of allylic oxidation sites excluding steroid dienone is 6. The zero-order valence-electron chi connectivity index (χ0n) is 11.3. The van der Waals surface area contributed by atoms with Gasteiger partial charge in [0, 0.05) is 19.5 Å². The van der Waals surface area contributed by atoms with Gasteiger partial charge in [-0.25, -0.2) is 0 Å². The van der Waals surface area contributed by atoms with Gasteiger partial charge in [0.15, 0.2) is 0 Å². The van der Waals surface area contributed by atoms with E-state index in [9.17, 15) is 4.79 Å². The first kappa shape index (κ1) is 17.6. The topological polar surface area (TPSA) is 48.2 Å². The largest absolute Gasteiger partial charge is 0.466 e. The molecule has 0 aromatic rings. The van der Waals surface area contributed by atoms with E-state index in [2.05, 4.69) is 40.4 Å². The highest BCUT2D eigenvalue weighted by Crippen LogP contribution is 2.15. The van der Waals surface area contributed by atoms with Crippen molar-refractivity contribution in [3.63, 3.8) is 0 Å². The molecule has 0 aromatic heterocycles. The molecular formula is C16H27NO2. The molecule has 0 bridgehead atoms. The second-order valence-corrected chi connectivity index (χ2v) is 4.38. The third kappa shape index (κ3) is 10.3. The van der Waals surface area contributed by atoms with E-state index in [0.717, 1.165) is 12.5 Å². The molecule has 0 saturated carbocycles. The number of hydrogen-bond acceptors (Lipinski definition) is 3. The quantitative estimate of drug-likeness (QED) is 0.626. The van der Waals surface area contributed by atoms with E-state index in [0.29, 0.717) is 6.61 Å². The van der Waals surface area contributed by atoms with Crippen molar-refractivity contribution in [1.29, 1.82) is 0 Å². The summed E-state index contributed by atoms with van der Waals surface area (Å²) in [5, 5.41) is 3.32. The SMILES string of the molecule is C.C1=CCC=CC(CCC2CN2)=C1.CCOC(C)=O. The third-order valence-electron chi connectivity index (χ3n) is 2.67. The standard InChI is InChI=1S/C11H15N.C4H8O2.CH4/c1-2-4-6-10(5-3-1)7-8-11-9-12-11;1-3-6-4(2)5;/h1,3-6,11-12H,2,7-9H2;3H2,1-2H3;1H4. The van der Waals surface area contributed by atoms with Gasteiger partial charge in [-0.1, -0.05) is 37.8 Å². The van der Waals surface area contributed by atoms with Gasteiger partial charge in [-0.3, -0.25) is 4.79 Å². The molecule has 1 N–H and O–H groups in total. The highest BCUT2D eigenvalue weighted by atomic mass is 16.5. The Balaban J connectivity index is 0.000000404. The summed E-state index contributed by atoms with van der Waals surface area (Å²) in [6, 6.07) is 0.812. The average molecular weight is 265 g/mol. The minimum absolute atomic E-state index is 0. The van der Waals surface area contributed by atoms with E-state index < -0.39 is 0 Å². The molecule has 0 amide bonds. The molecule has 2 rings (SSSR count). The van der Waals surface area contributed by atoms with E-state index in [-0.39, 0.29) is 13.4 Å². The van der Waals surface area contributed by atoms with E-state index in [4.69, 9.17) is 0 Å². The number of rotatable bonds is 4. The molecular weight excluding hydrogens is 238 g/mol. The molecule has 19 heavy (non-hydrogen) atoms. The summed E-state index contributed by atoms with van der Waals surface area (Å²) in [7, 11) is 0. The number of carbonyl (C=O) groups excluding carboxylic acids is 1. The van der Waals surface area contributed by atoms with E-state index in [1.807, 2.05) is 0 Å². The van der Waals surface area contributed by atoms with Crippen LogP contribution in [0.1, 0.15) is 40.5 Å². The van der Waals surface area contributed by atoms with Crippen LogP contribution in [0.5, 0.6) is 0 Å². The summed E-state index contributed by atoms with van der Waals surface area (Å²) < 4.78 is 4.40. The fourth-order valence-electron chi connectivity index (χ4n) is 1.62. The molecule has 3 nitrogen and oxygen atoms in total. The molecule has 2 aliphatic rings. The molecule has 1 fully saturated rings. The van der Waals surface area contributed by atoms with Crippen LogP contribution in [0.2, 0.25) is 0 Å². The van der Waals surface area contributed by atoms with Crippen molar-refractivity contribution in [3.05, 3.63) is 36.0 Å². The Kier molecular flexibility index (Phi) is 9.81. The fourth-order valence-corrected chi connectivity index (χ4v) is 1.62. The maximum Gasteiger partial charge on any atom is 0.302 e. The van der Waals surface area contributed by atoms with Crippen LogP contribution in [-0.4, -0.2) is 25.2 Å². The van der Waals surface area contributed by atoms with Gasteiger partial charge >= 0.3 is 5.97 Å². The number of esters is 1. The zero-order chi connectivity index (χ0) is 13.2. The number of hydrogen-bond donors (Lipinski definition) is 1. The molecule has 1 saturated heterocycles. The highest BCUT2D eigenvalue weighted by Gasteiger charge is 2.18. The molecule has 1 atom stereocenters. The van der Waals surface area contributed by atoms with Crippen LogP contribution in [0.15, 0.2) is 36.0 Å². The van der Waals surface area contributed by atoms with Crippen molar-refractivity contribution in [3.8, 4) is 0 Å². The molecule has 1 aliphatic carbocycles. The zero-order valence-corrected chi connectivity index (χ0v) is 11.3.